The Labute approximate surface area is 177 Å². The molecule has 1 aromatic carbocycles. The fraction of sp³-hybridized carbons (Fsp3) is 0.522. The number of anilines is 1. The normalized spacial score (nSPS) is 18.2. The summed E-state index contributed by atoms with van der Waals surface area (Å²) in [5.41, 5.74) is 1.85. The molecule has 0 atom stereocenters. The summed E-state index contributed by atoms with van der Waals surface area (Å²) in [7, 11) is 0. The molecule has 1 saturated heterocycles. The van der Waals surface area contributed by atoms with Gasteiger partial charge in [-0.15, -0.1) is 5.10 Å². The van der Waals surface area contributed by atoms with Gasteiger partial charge in [-0.1, -0.05) is 37.5 Å². The molecule has 1 aromatic heterocycles. The molecular formula is C23H31N5O2. The number of benzene rings is 1. The molecule has 1 aliphatic heterocycles. The van der Waals surface area contributed by atoms with Gasteiger partial charge in [-0.3, -0.25) is 10.1 Å². The number of nitrogens with zero attached hydrogens (tertiary/aromatic N) is 3. The van der Waals surface area contributed by atoms with Gasteiger partial charge < -0.3 is 10.2 Å². The van der Waals surface area contributed by atoms with Crippen molar-refractivity contribution >= 4 is 17.8 Å². The minimum atomic E-state index is -0.242. The fourth-order valence-electron chi connectivity index (χ4n) is 4.48. The van der Waals surface area contributed by atoms with Gasteiger partial charge >= 0.3 is 6.03 Å². The molecule has 2 fully saturated rings. The molecule has 0 spiro atoms. The van der Waals surface area contributed by atoms with E-state index in [2.05, 4.69) is 15.7 Å². The summed E-state index contributed by atoms with van der Waals surface area (Å²) in [5, 5.41) is 10.4. The molecule has 2 N–H and O–H groups in total. The topological polar surface area (TPSA) is 79.3 Å². The Bertz CT molecular complexity index is 865. The summed E-state index contributed by atoms with van der Waals surface area (Å²) in [5.74, 6) is 1.09. The van der Waals surface area contributed by atoms with Crippen molar-refractivity contribution in [2.45, 2.75) is 57.9 Å². The largest absolute Gasteiger partial charge is 0.342 e. The number of hydrogen-bond acceptors (Lipinski definition) is 3. The number of carbonyl (C=O) groups is 2. The van der Waals surface area contributed by atoms with Crippen LogP contribution in [0.1, 0.15) is 50.5 Å². The molecule has 1 aliphatic carbocycles. The van der Waals surface area contributed by atoms with Crippen molar-refractivity contribution < 1.29 is 9.59 Å². The highest BCUT2D eigenvalue weighted by atomic mass is 16.2. The lowest BCUT2D eigenvalue weighted by atomic mass is 9.87. The molecule has 0 bridgehead atoms. The van der Waals surface area contributed by atoms with Crippen molar-refractivity contribution in [2.24, 2.45) is 5.92 Å². The second-order valence-electron chi connectivity index (χ2n) is 8.47. The van der Waals surface area contributed by atoms with E-state index in [-0.39, 0.29) is 18.0 Å². The maximum atomic E-state index is 12.7. The molecule has 2 aliphatic rings. The maximum absolute atomic E-state index is 12.7. The number of amides is 3. The monoisotopic (exact) mass is 409 g/mol. The summed E-state index contributed by atoms with van der Waals surface area (Å²) < 4.78 is 1.76. The van der Waals surface area contributed by atoms with Crippen molar-refractivity contribution in [1.29, 1.82) is 0 Å². The number of carbonyl (C=O) groups excluding carboxylic acids is 2. The van der Waals surface area contributed by atoms with Crippen LogP contribution in [0, 0.1) is 12.8 Å². The van der Waals surface area contributed by atoms with E-state index in [1.54, 1.807) is 4.68 Å². The molecule has 2 aromatic rings. The van der Waals surface area contributed by atoms with Gasteiger partial charge in [0.1, 0.15) is 0 Å². The molecule has 7 nitrogen and oxygen atoms in total. The Morgan fingerprint density at radius 3 is 2.40 bits per heavy atom. The van der Waals surface area contributed by atoms with E-state index >= 15 is 0 Å². The van der Waals surface area contributed by atoms with E-state index in [0.29, 0.717) is 11.7 Å². The molecular weight excluding hydrogens is 378 g/mol. The third kappa shape index (κ3) is 4.83. The van der Waals surface area contributed by atoms with Crippen molar-refractivity contribution in [1.82, 2.24) is 20.0 Å². The van der Waals surface area contributed by atoms with Crippen LogP contribution in [-0.2, 0) is 4.79 Å². The van der Waals surface area contributed by atoms with E-state index in [0.717, 1.165) is 50.0 Å². The summed E-state index contributed by atoms with van der Waals surface area (Å²) >= 11 is 0. The number of hydrogen-bond donors (Lipinski definition) is 2. The van der Waals surface area contributed by atoms with Crippen LogP contribution in [0.4, 0.5) is 10.6 Å². The quantitative estimate of drug-likeness (QED) is 0.804. The first-order valence-electron chi connectivity index (χ1n) is 11.1. The highest BCUT2D eigenvalue weighted by Gasteiger charge is 2.29. The number of urea groups is 1. The van der Waals surface area contributed by atoms with Gasteiger partial charge in [0.2, 0.25) is 5.91 Å². The van der Waals surface area contributed by atoms with Crippen molar-refractivity contribution in [3.63, 3.8) is 0 Å². The average molecular weight is 410 g/mol. The molecule has 4 rings (SSSR count). The van der Waals surface area contributed by atoms with Gasteiger partial charge in [0.05, 0.1) is 5.69 Å². The van der Waals surface area contributed by atoms with Crippen LogP contribution in [0.2, 0.25) is 0 Å². The first kappa shape index (κ1) is 20.4. The van der Waals surface area contributed by atoms with Gasteiger partial charge in [0, 0.05) is 36.8 Å². The second-order valence-corrected chi connectivity index (χ2v) is 8.47. The minimum absolute atomic E-state index is 0.0805. The number of aromatic nitrogens is 2. The average Bonchev–Trinajstić information content (AvgIpc) is 3.15. The Balaban J connectivity index is 1.26. The third-order valence-electron chi connectivity index (χ3n) is 6.25. The van der Waals surface area contributed by atoms with E-state index < -0.39 is 0 Å². The first-order valence-corrected chi connectivity index (χ1v) is 11.1. The number of rotatable bonds is 4. The lowest BCUT2D eigenvalue weighted by Crippen LogP contribution is -2.49. The van der Waals surface area contributed by atoms with Gasteiger partial charge in [0.15, 0.2) is 5.82 Å². The Morgan fingerprint density at radius 1 is 1.00 bits per heavy atom. The number of piperidine rings is 1. The van der Waals surface area contributed by atoms with Crippen LogP contribution in [0.5, 0.6) is 0 Å². The van der Waals surface area contributed by atoms with E-state index in [9.17, 15) is 9.59 Å². The van der Waals surface area contributed by atoms with Crippen LogP contribution < -0.4 is 10.6 Å². The predicted molar refractivity (Wildman–Crippen MR) is 117 cm³/mol. The van der Waals surface area contributed by atoms with Crippen molar-refractivity contribution in [2.75, 3.05) is 18.4 Å². The van der Waals surface area contributed by atoms with E-state index in [4.69, 9.17) is 0 Å². The van der Waals surface area contributed by atoms with Crippen LogP contribution in [0.3, 0.4) is 0 Å². The molecule has 1 saturated carbocycles. The predicted octanol–water partition coefficient (Wildman–Crippen LogP) is 3.87. The number of aryl methyl sites for hydroxylation is 1. The Morgan fingerprint density at radius 2 is 1.70 bits per heavy atom. The SMILES string of the molecule is Cc1cn(-c2ccccc2)nc1NC(=O)NC1CCN(C(=O)C2CCCCC2)CC1. The highest BCUT2D eigenvalue weighted by molar-refractivity contribution is 5.89. The van der Waals surface area contributed by atoms with Gasteiger partial charge in [-0.2, -0.15) is 0 Å². The Hall–Kier alpha value is -2.83. The zero-order chi connectivity index (χ0) is 20.9. The number of likely N-dealkylation sites (tertiary alicyclic amines) is 1. The standard InChI is InChI=1S/C23H31N5O2/c1-17-16-28(20-10-6-3-7-11-20)26-21(17)25-23(30)24-19-12-14-27(15-13-19)22(29)18-8-4-2-5-9-18/h3,6-7,10-11,16,18-19H,2,4-5,8-9,12-15H2,1H3,(H2,24,25,26,30). The van der Waals surface area contributed by atoms with Crippen LogP contribution in [-0.4, -0.2) is 45.8 Å². The van der Waals surface area contributed by atoms with Gasteiger partial charge in [-0.25, -0.2) is 9.48 Å². The van der Waals surface area contributed by atoms with Crippen LogP contribution in [0.15, 0.2) is 36.5 Å². The Kier molecular flexibility index (Phi) is 6.35. The summed E-state index contributed by atoms with van der Waals surface area (Å²) in [4.78, 5) is 27.2. The molecule has 0 radical (unpaired) electrons. The smallest absolute Gasteiger partial charge is 0.320 e. The number of para-hydroxylation sites is 1. The number of nitrogens with one attached hydrogen (secondary N) is 2. The summed E-state index contributed by atoms with van der Waals surface area (Å²) in [6, 6.07) is 9.65. The molecule has 160 valence electrons. The second kappa shape index (κ2) is 9.32. The molecule has 7 heteroatoms. The van der Waals surface area contributed by atoms with Crippen LogP contribution in [0.25, 0.3) is 5.69 Å². The lowest BCUT2D eigenvalue weighted by Gasteiger charge is -2.35. The zero-order valence-electron chi connectivity index (χ0n) is 17.6. The molecule has 3 amide bonds. The van der Waals surface area contributed by atoms with Crippen molar-refractivity contribution in [3.8, 4) is 5.69 Å². The van der Waals surface area contributed by atoms with Gasteiger partial charge in [-0.05, 0) is 44.7 Å². The van der Waals surface area contributed by atoms with Gasteiger partial charge in [0.25, 0.3) is 0 Å². The summed E-state index contributed by atoms with van der Waals surface area (Å²) in [6.07, 6.45) is 9.17. The first-order chi connectivity index (χ1) is 14.6. The molecule has 2 heterocycles. The van der Waals surface area contributed by atoms with Crippen LogP contribution >= 0.6 is 0 Å². The van der Waals surface area contributed by atoms with E-state index in [1.165, 1.54) is 19.3 Å². The third-order valence-corrected chi connectivity index (χ3v) is 6.25. The molecule has 30 heavy (non-hydrogen) atoms. The lowest BCUT2D eigenvalue weighted by molar-refractivity contribution is -0.137. The highest BCUT2D eigenvalue weighted by Crippen LogP contribution is 2.26. The van der Waals surface area contributed by atoms with Crippen molar-refractivity contribution in [3.05, 3.63) is 42.1 Å². The zero-order valence-corrected chi connectivity index (χ0v) is 17.6. The maximum Gasteiger partial charge on any atom is 0.320 e. The molecule has 0 unspecified atom stereocenters. The summed E-state index contributed by atoms with van der Waals surface area (Å²) in [6.45, 7) is 3.38. The van der Waals surface area contributed by atoms with E-state index in [1.807, 2.05) is 48.4 Å². The fourth-order valence-corrected chi connectivity index (χ4v) is 4.48. The minimum Gasteiger partial charge on any atom is -0.342 e.